The highest BCUT2D eigenvalue weighted by molar-refractivity contribution is 5.44. The van der Waals surface area contributed by atoms with Gasteiger partial charge in [0.15, 0.2) is 0 Å². The number of rotatable bonds is 6. The van der Waals surface area contributed by atoms with E-state index in [0.29, 0.717) is 0 Å². The van der Waals surface area contributed by atoms with E-state index in [-0.39, 0.29) is 0 Å². The van der Waals surface area contributed by atoms with Crippen molar-refractivity contribution in [2.45, 2.75) is 47.5 Å². The van der Waals surface area contributed by atoms with Gasteiger partial charge in [0.25, 0.3) is 0 Å². The molecule has 0 saturated heterocycles. The zero-order valence-corrected chi connectivity index (χ0v) is 14.0. The van der Waals surface area contributed by atoms with Crippen LogP contribution in [0.3, 0.4) is 0 Å². The minimum atomic E-state index is 1.02. The molecule has 0 bridgehead atoms. The van der Waals surface area contributed by atoms with Crippen molar-refractivity contribution < 1.29 is 0 Å². The molecule has 2 aromatic rings. The molecule has 0 spiro atoms. The molecule has 114 valence electrons. The average molecular weight is 285 g/mol. The van der Waals surface area contributed by atoms with Crippen LogP contribution >= 0.6 is 0 Å². The predicted octanol–water partition coefficient (Wildman–Crippen LogP) is 3.65. The zero-order chi connectivity index (χ0) is 15.4. The van der Waals surface area contributed by atoms with Gasteiger partial charge in [0.05, 0.1) is 11.4 Å². The van der Waals surface area contributed by atoms with Gasteiger partial charge in [-0.05, 0) is 70.8 Å². The number of nitrogens with one attached hydrogen (secondary N) is 1. The summed E-state index contributed by atoms with van der Waals surface area (Å²) in [5.74, 6) is 0. The molecule has 1 N–H and O–H groups in total. The van der Waals surface area contributed by atoms with Gasteiger partial charge in [0.2, 0.25) is 0 Å². The summed E-state index contributed by atoms with van der Waals surface area (Å²) in [4.78, 5) is 0. The summed E-state index contributed by atoms with van der Waals surface area (Å²) in [5.41, 5.74) is 7.54. The first-order valence-electron chi connectivity index (χ1n) is 7.88. The summed E-state index contributed by atoms with van der Waals surface area (Å²) in [6.45, 7) is 12.9. The number of aromatic nitrogens is 2. The Hall–Kier alpha value is -1.61. The van der Waals surface area contributed by atoms with Gasteiger partial charge in [-0.15, -0.1) is 0 Å². The summed E-state index contributed by atoms with van der Waals surface area (Å²) in [6, 6.07) is 6.54. The van der Waals surface area contributed by atoms with Crippen LogP contribution in [-0.4, -0.2) is 22.9 Å². The van der Waals surface area contributed by atoms with Gasteiger partial charge in [-0.1, -0.05) is 24.6 Å². The third kappa shape index (κ3) is 3.53. The molecule has 1 aromatic heterocycles. The third-order valence-electron chi connectivity index (χ3n) is 4.00. The summed E-state index contributed by atoms with van der Waals surface area (Å²) < 4.78 is 2.10. The monoisotopic (exact) mass is 285 g/mol. The number of aryl methyl sites for hydroxylation is 3. The lowest BCUT2D eigenvalue weighted by Gasteiger charge is -2.10. The Morgan fingerprint density at radius 2 is 1.86 bits per heavy atom. The van der Waals surface area contributed by atoms with Gasteiger partial charge < -0.3 is 5.32 Å². The molecule has 3 heteroatoms. The maximum absolute atomic E-state index is 4.76. The Labute approximate surface area is 128 Å². The lowest BCUT2D eigenvalue weighted by atomic mass is 10.1. The van der Waals surface area contributed by atoms with Crippen molar-refractivity contribution in [2.75, 3.05) is 13.1 Å². The van der Waals surface area contributed by atoms with E-state index in [0.717, 1.165) is 25.2 Å². The van der Waals surface area contributed by atoms with Crippen LogP contribution in [0.25, 0.3) is 5.69 Å². The third-order valence-corrected chi connectivity index (χ3v) is 4.00. The highest BCUT2D eigenvalue weighted by atomic mass is 15.3. The Kier molecular flexibility index (Phi) is 5.18. The molecule has 0 unspecified atom stereocenters. The van der Waals surface area contributed by atoms with Crippen molar-refractivity contribution in [3.8, 4) is 5.69 Å². The molecule has 3 nitrogen and oxygen atoms in total. The molecular weight excluding hydrogens is 258 g/mol. The highest BCUT2D eigenvalue weighted by Gasteiger charge is 2.13. The van der Waals surface area contributed by atoms with E-state index in [9.17, 15) is 0 Å². The Balaban J connectivity index is 2.26. The summed E-state index contributed by atoms with van der Waals surface area (Å²) in [5, 5.41) is 8.23. The molecule has 2 rings (SSSR count). The SMILES string of the molecule is CCCNCCc1c(C)nn(-c2ccc(C)cc2C)c1C. The largest absolute Gasteiger partial charge is 0.316 e. The van der Waals surface area contributed by atoms with Crippen LogP contribution in [0.4, 0.5) is 0 Å². The lowest BCUT2D eigenvalue weighted by Crippen LogP contribution is -2.18. The zero-order valence-electron chi connectivity index (χ0n) is 14.0. The maximum Gasteiger partial charge on any atom is 0.0678 e. The molecule has 0 saturated carbocycles. The van der Waals surface area contributed by atoms with Crippen LogP contribution in [0.1, 0.15) is 41.4 Å². The van der Waals surface area contributed by atoms with E-state index in [1.165, 1.54) is 34.5 Å². The van der Waals surface area contributed by atoms with Crippen molar-refractivity contribution in [2.24, 2.45) is 0 Å². The van der Waals surface area contributed by atoms with E-state index >= 15 is 0 Å². The van der Waals surface area contributed by atoms with Gasteiger partial charge in [0, 0.05) is 5.69 Å². The van der Waals surface area contributed by atoms with Gasteiger partial charge >= 0.3 is 0 Å². The first kappa shape index (κ1) is 15.8. The van der Waals surface area contributed by atoms with Crippen molar-refractivity contribution in [1.82, 2.24) is 15.1 Å². The van der Waals surface area contributed by atoms with Gasteiger partial charge in [-0.2, -0.15) is 5.10 Å². The summed E-state index contributed by atoms with van der Waals surface area (Å²) in [6.07, 6.45) is 2.22. The van der Waals surface area contributed by atoms with E-state index in [1.807, 2.05) is 0 Å². The second-order valence-electron chi connectivity index (χ2n) is 5.85. The van der Waals surface area contributed by atoms with E-state index < -0.39 is 0 Å². The predicted molar refractivity (Wildman–Crippen MR) is 89.4 cm³/mol. The molecule has 0 aliphatic carbocycles. The molecule has 21 heavy (non-hydrogen) atoms. The number of benzene rings is 1. The van der Waals surface area contributed by atoms with Gasteiger partial charge in [-0.25, -0.2) is 4.68 Å². The van der Waals surface area contributed by atoms with Crippen LogP contribution < -0.4 is 5.32 Å². The van der Waals surface area contributed by atoms with Gasteiger partial charge in [-0.3, -0.25) is 0 Å². The lowest BCUT2D eigenvalue weighted by molar-refractivity contribution is 0.669. The maximum atomic E-state index is 4.76. The minimum Gasteiger partial charge on any atom is -0.316 e. The molecule has 0 fully saturated rings. The number of hydrogen-bond donors (Lipinski definition) is 1. The van der Waals surface area contributed by atoms with Crippen LogP contribution in [0.2, 0.25) is 0 Å². The highest BCUT2D eigenvalue weighted by Crippen LogP contribution is 2.21. The van der Waals surface area contributed by atoms with E-state index in [1.54, 1.807) is 0 Å². The van der Waals surface area contributed by atoms with Gasteiger partial charge in [0.1, 0.15) is 0 Å². The van der Waals surface area contributed by atoms with Crippen LogP contribution in [0, 0.1) is 27.7 Å². The molecule has 0 amide bonds. The van der Waals surface area contributed by atoms with Crippen LogP contribution in [0.15, 0.2) is 18.2 Å². The minimum absolute atomic E-state index is 1.02. The van der Waals surface area contributed by atoms with Crippen molar-refractivity contribution >= 4 is 0 Å². The second kappa shape index (κ2) is 6.90. The smallest absolute Gasteiger partial charge is 0.0678 e. The Bertz CT molecular complexity index is 611. The Morgan fingerprint density at radius 3 is 2.52 bits per heavy atom. The molecule has 1 aromatic carbocycles. The average Bonchev–Trinajstić information content (AvgIpc) is 2.71. The second-order valence-corrected chi connectivity index (χ2v) is 5.85. The molecule has 1 heterocycles. The Morgan fingerprint density at radius 1 is 1.10 bits per heavy atom. The van der Waals surface area contributed by atoms with Crippen LogP contribution in [-0.2, 0) is 6.42 Å². The molecule has 0 radical (unpaired) electrons. The molecular formula is C18H27N3. The van der Waals surface area contributed by atoms with E-state index in [4.69, 9.17) is 5.10 Å². The van der Waals surface area contributed by atoms with E-state index in [2.05, 4.69) is 62.8 Å². The first-order valence-corrected chi connectivity index (χ1v) is 7.88. The fraction of sp³-hybridized carbons (Fsp3) is 0.500. The normalized spacial score (nSPS) is 11.1. The summed E-state index contributed by atoms with van der Waals surface area (Å²) in [7, 11) is 0. The number of nitrogens with zero attached hydrogens (tertiary/aromatic N) is 2. The fourth-order valence-electron chi connectivity index (χ4n) is 2.83. The fourth-order valence-corrected chi connectivity index (χ4v) is 2.83. The standard InChI is InChI=1S/C18H27N3/c1-6-10-19-11-9-17-15(4)20-21(16(17)5)18-8-7-13(2)12-14(18)3/h7-8,12,19H,6,9-11H2,1-5H3. The van der Waals surface area contributed by atoms with Crippen molar-refractivity contribution in [3.63, 3.8) is 0 Å². The molecule has 0 aliphatic rings. The van der Waals surface area contributed by atoms with Crippen molar-refractivity contribution in [3.05, 3.63) is 46.3 Å². The molecule has 0 atom stereocenters. The summed E-state index contributed by atoms with van der Waals surface area (Å²) >= 11 is 0. The number of hydrogen-bond acceptors (Lipinski definition) is 2. The van der Waals surface area contributed by atoms with Crippen LogP contribution in [0.5, 0.6) is 0 Å². The molecule has 0 aliphatic heterocycles. The first-order chi connectivity index (χ1) is 10.0. The van der Waals surface area contributed by atoms with Crippen molar-refractivity contribution in [1.29, 1.82) is 0 Å². The quantitative estimate of drug-likeness (QED) is 0.821. The topological polar surface area (TPSA) is 29.9 Å².